The molecule has 1 amide bonds. The summed E-state index contributed by atoms with van der Waals surface area (Å²) in [7, 11) is 0. The van der Waals surface area contributed by atoms with Crippen LogP contribution in [0.2, 0.25) is 0 Å². The first-order valence-corrected chi connectivity index (χ1v) is 12.4. The van der Waals surface area contributed by atoms with Crippen molar-refractivity contribution in [3.8, 4) is 17.1 Å². The molecule has 0 spiro atoms. The van der Waals surface area contributed by atoms with E-state index in [9.17, 15) is 14.0 Å². The highest BCUT2D eigenvalue weighted by molar-refractivity contribution is 5.78. The molecule has 1 aromatic carbocycles. The van der Waals surface area contributed by atoms with Crippen molar-refractivity contribution in [3.05, 3.63) is 59.0 Å². The van der Waals surface area contributed by atoms with Crippen LogP contribution in [-0.4, -0.2) is 48.5 Å². The molecule has 0 radical (unpaired) electrons. The Hall–Kier alpha value is -3.49. The molecule has 2 aliphatic rings. The van der Waals surface area contributed by atoms with Crippen LogP contribution in [0.4, 0.5) is 10.3 Å². The normalized spacial score (nSPS) is 20.6. The van der Waals surface area contributed by atoms with Crippen LogP contribution in [0.5, 0.6) is 0 Å². The van der Waals surface area contributed by atoms with E-state index >= 15 is 0 Å². The van der Waals surface area contributed by atoms with Crippen LogP contribution in [0.15, 0.2) is 47.5 Å². The molecule has 0 bridgehead atoms. The molecular weight excluding hydrogens is 447 g/mol. The lowest BCUT2D eigenvalue weighted by atomic mass is 9.90. The largest absolute Gasteiger partial charge is 0.351 e. The van der Waals surface area contributed by atoms with Gasteiger partial charge in [-0.3, -0.25) is 13.9 Å². The molecule has 1 N–H and O–H groups in total. The zero-order valence-electron chi connectivity index (χ0n) is 20.2. The molecule has 0 atom stereocenters. The van der Waals surface area contributed by atoms with Gasteiger partial charge in [-0.05, 0) is 76.3 Å². The van der Waals surface area contributed by atoms with Crippen LogP contribution in [0.3, 0.4) is 0 Å². The minimum Gasteiger partial charge on any atom is -0.351 e. The lowest BCUT2D eigenvalue weighted by Crippen LogP contribution is -2.41. The van der Waals surface area contributed by atoms with E-state index in [1.807, 2.05) is 13.8 Å². The Bertz CT molecular complexity index is 1260. The highest BCUT2D eigenvalue weighted by Crippen LogP contribution is 2.28. The molecule has 0 unspecified atom stereocenters. The number of carbonyl (C=O) groups excluding carboxylic acids is 1. The molecule has 1 saturated heterocycles. The number of halogens is 1. The van der Waals surface area contributed by atoms with Crippen molar-refractivity contribution in [2.75, 3.05) is 11.9 Å². The van der Waals surface area contributed by atoms with Crippen molar-refractivity contribution < 1.29 is 9.18 Å². The van der Waals surface area contributed by atoms with Gasteiger partial charge in [-0.25, -0.2) is 19.2 Å². The minimum atomic E-state index is -0.357. The number of hydrogen-bond donors (Lipinski definition) is 1. The van der Waals surface area contributed by atoms with Crippen molar-refractivity contribution in [3.63, 3.8) is 0 Å². The highest BCUT2D eigenvalue weighted by Gasteiger charge is 2.31. The van der Waals surface area contributed by atoms with Crippen LogP contribution in [0.1, 0.15) is 58.4 Å². The van der Waals surface area contributed by atoms with Gasteiger partial charge in [0.15, 0.2) is 0 Å². The fraction of sp³-hybridized carbons (Fsp3) is 0.462. The second-order valence-corrected chi connectivity index (χ2v) is 9.72. The van der Waals surface area contributed by atoms with Gasteiger partial charge >= 0.3 is 5.69 Å². The molecule has 1 aliphatic carbocycles. The topological polar surface area (TPSA) is 85.1 Å². The van der Waals surface area contributed by atoms with Gasteiger partial charge in [-0.1, -0.05) is 0 Å². The first-order chi connectivity index (χ1) is 16.9. The summed E-state index contributed by atoms with van der Waals surface area (Å²) in [6.07, 6.45) is 8.98. The number of amides is 1. The maximum absolute atomic E-state index is 13.5. The number of carbonyl (C=O) groups is 1. The summed E-state index contributed by atoms with van der Waals surface area (Å²) >= 11 is 0. The van der Waals surface area contributed by atoms with E-state index in [0.717, 1.165) is 38.6 Å². The predicted molar refractivity (Wildman–Crippen MR) is 132 cm³/mol. The Morgan fingerprint density at radius 3 is 2.46 bits per heavy atom. The summed E-state index contributed by atoms with van der Waals surface area (Å²) in [5.74, 6) is 0.445. The third-order valence-corrected chi connectivity index (χ3v) is 7.05. The summed E-state index contributed by atoms with van der Waals surface area (Å²) in [4.78, 5) is 36.5. The molecule has 184 valence electrons. The highest BCUT2D eigenvalue weighted by atomic mass is 19.1. The number of hydrogen-bond acceptors (Lipinski definition) is 5. The third-order valence-electron chi connectivity index (χ3n) is 7.05. The molecule has 9 heteroatoms. The van der Waals surface area contributed by atoms with Crippen LogP contribution >= 0.6 is 0 Å². The maximum Gasteiger partial charge on any atom is 0.333 e. The lowest BCUT2D eigenvalue weighted by molar-refractivity contribution is -0.130. The van der Waals surface area contributed by atoms with Crippen molar-refractivity contribution in [2.24, 2.45) is 0 Å². The predicted octanol–water partition coefficient (Wildman–Crippen LogP) is 4.16. The van der Waals surface area contributed by atoms with E-state index in [2.05, 4.69) is 15.2 Å². The van der Waals surface area contributed by atoms with E-state index in [0.29, 0.717) is 35.5 Å². The molecule has 2 aromatic heterocycles. The Balaban J connectivity index is 1.37. The Morgan fingerprint density at radius 2 is 1.80 bits per heavy atom. The van der Waals surface area contributed by atoms with E-state index in [1.165, 1.54) is 12.1 Å². The van der Waals surface area contributed by atoms with Crippen molar-refractivity contribution in [1.29, 1.82) is 0 Å². The van der Waals surface area contributed by atoms with Crippen LogP contribution in [-0.2, 0) is 4.79 Å². The average Bonchev–Trinajstić information content (AvgIpc) is 3.43. The van der Waals surface area contributed by atoms with Crippen LogP contribution in [0.25, 0.3) is 17.1 Å². The summed E-state index contributed by atoms with van der Waals surface area (Å²) in [5, 5.41) is 3.45. The first kappa shape index (κ1) is 23.3. The van der Waals surface area contributed by atoms with Crippen LogP contribution in [0, 0.1) is 5.82 Å². The van der Waals surface area contributed by atoms with Gasteiger partial charge in [-0.15, -0.1) is 0 Å². The molecule has 2 fully saturated rings. The Labute approximate surface area is 203 Å². The zero-order valence-corrected chi connectivity index (χ0v) is 20.2. The molecule has 3 aromatic rings. The molecular formula is C26H31FN6O2. The fourth-order valence-electron chi connectivity index (χ4n) is 5.19. The number of benzene rings is 1. The van der Waals surface area contributed by atoms with E-state index in [4.69, 9.17) is 4.98 Å². The zero-order chi connectivity index (χ0) is 24.5. The minimum absolute atomic E-state index is 0.0416. The third kappa shape index (κ3) is 4.72. The van der Waals surface area contributed by atoms with Crippen molar-refractivity contribution >= 4 is 11.9 Å². The SMILES string of the molecule is CC(C)n1cc(-c2ccnc(N[C@H]3CC[C@H](N4CCCC4=O)CC3)n2)n(-c2ccc(F)cc2)c1=O. The summed E-state index contributed by atoms with van der Waals surface area (Å²) in [6, 6.07) is 8.19. The van der Waals surface area contributed by atoms with E-state index in [-0.39, 0.29) is 29.5 Å². The van der Waals surface area contributed by atoms with Gasteiger partial charge in [0.25, 0.3) is 0 Å². The Morgan fingerprint density at radius 1 is 1.06 bits per heavy atom. The molecule has 8 nitrogen and oxygen atoms in total. The summed E-state index contributed by atoms with van der Waals surface area (Å²) in [6.45, 7) is 4.77. The second kappa shape index (κ2) is 9.64. The average molecular weight is 479 g/mol. The number of likely N-dealkylation sites (tertiary alicyclic amines) is 1. The van der Waals surface area contributed by atoms with Gasteiger partial charge in [-0.2, -0.15) is 0 Å². The second-order valence-electron chi connectivity index (χ2n) is 9.72. The van der Waals surface area contributed by atoms with Gasteiger partial charge in [0.2, 0.25) is 11.9 Å². The molecule has 1 aliphatic heterocycles. The first-order valence-electron chi connectivity index (χ1n) is 12.4. The van der Waals surface area contributed by atoms with Gasteiger partial charge < -0.3 is 10.2 Å². The number of aromatic nitrogens is 4. The fourth-order valence-corrected chi connectivity index (χ4v) is 5.19. The summed E-state index contributed by atoms with van der Waals surface area (Å²) < 4.78 is 16.7. The van der Waals surface area contributed by atoms with Gasteiger partial charge in [0.05, 0.1) is 17.1 Å². The molecule has 3 heterocycles. The van der Waals surface area contributed by atoms with E-state index < -0.39 is 0 Å². The molecule has 35 heavy (non-hydrogen) atoms. The number of nitrogens with zero attached hydrogens (tertiary/aromatic N) is 5. The van der Waals surface area contributed by atoms with Crippen molar-refractivity contribution in [1.82, 2.24) is 24.0 Å². The number of anilines is 1. The molecule has 1 saturated carbocycles. The smallest absolute Gasteiger partial charge is 0.333 e. The Kier molecular flexibility index (Phi) is 6.40. The van der Waals surface area contributed by atoms with Crippen molar-refractivity contribution in [2.45, 2.75) is 70.5 Å². The standard InChI is InChI=1S/C26H31FN6O2/c1-17(2)32-16-23(33(26(32)35)21-9-5-18(27)6-10-21)22-13-14-28-25(30-22)29-19-7-11-20(12-8-19)31-15-3-4-24(31)34/h5-6,9-10,13-14,16-17,19-20H,3-4,7-8,11-12,15H2,1-2H3,(H,28,29,30)/t19-,20-. The quantitative estimate of drug-likeness (QED) is 0.575. The number of nitrogens with one attached hydrogen (secondary N) is 1. The van der Waals surface area contributed by atoms with Gasteiger partial charge in [0, 0.05) is 43.5 Å². The molecule has 5 rings (SSSR count). The maximum atomic E-state index is 13.5. The van der Waals surface area contributed by atoms with E-state index in [1.54, 1.807) is 39.7 Å². The van der Waals surface area contributed by atoms with Gasteiger partial charge in [0.1, 0.15) is 5.82 Å². The number of rotatable bonds is 6. The monoisotopic (exact) mass is 478 g/mol. The van der Waals surface area contributed by atoms with Crippen LogP contribution < -0.4 is 11.0 Å². The number of imidazole rings is 1. The lowest BCUT2D eigenvalue weighted by Gasteiger charge is -2.34. The summed E-state index contributed by atoms with van der Waals surface area (Å²) in [5.41, 5.74) is 1.61.